The van der Waals surface area contributed by atoms with E-state index in [9.17, 15) is 19.5 Å². The van der Waals surface area contributed by atoms with Crippen LogP contribution < -0.4 is 20.1 Å². The minimum Gasteiger partial charge on any atom is -0.481 e. The number of carbonyl (C=O) groups is 3. The van der Waals surface area contributed by atoms with Gasteiger partial charge in [0.15, 0.2) is 12.2 Å². The van der Waals surface area contributed by atoms with Gasteiger partial charge < -0.3 is 25.2 Å². The van der Waals surface area contributed by atoms with Gasteiger partial charge in [-0.3, -0.25) is 9.59 Å². The quantitative estimate of drug-likeness (QED) is 0.452. The van der Waals surface area contributed by atoms with Crippen LogP contribution in [0.15, 0.2) is 78.9 Å². The molecule has 0 aliphatic rings. The molecule has 0 aliphatic carbocycles. The van der Waals surface area contributed by atoms with E-state index >= 15 is 0 Å². The van der Waals surface area contributed by atoms with Crippen molar-refractivity contribution in [2.45, 2.75) is 26.1 Å². The van der Waals surface area contributed by atoms with Gasteiger partial charge in [0.2, 0.25) is 0 Å². The summed E-state index contributed by atoms with van der Waals surface area (Å²) in [4.78, 5) is 36.7. The fourth-order valence-electron chi connectivity index (χ4n) is 2.90. The molecular formula is C25H24N2O6. The topological polar surface area (TPSA) is 114 Å². The molecular weight excluding hydrogens is 424 g/mol. The first-order chi connectivity index (χ1) is 15.8. The van der Waals surface area contributed by atoms with Crippen molar-refractivity contribution in [2.24, 2.45) is 0 Å². The lowest BCUT2D eigenvalue weighted by Gasteiger charge is -2.17. The fraction of sp³-hybridized carbons (Fsp3) is 0.160. The van der Waals surface area contributed by atoms with Crippen molar-refractivity contribution in [3.63, 3.8) is 0 Å². The maximum Gasteiger partial charge on any atom is 0.335 e. The Morgan fingerprint density at radius 2 is 1.09 bits per heavy atom. The molecule has 0 fully saturated rings. The summed E-state index contributed by atoms with van der Waals surface area (Å²) in [5.74, 6) is -1.10. The number of carboxylic acid groups (broad SMARTS) is 1. The van der Waals surface area contributed by atoms with E-state index in [0.717, 1.165) is 0 Å². The van der Waals surface area contributed by atoms with Crippen molar-refractivity contribution >= 4 is 29.2 Å². The molecule has 3 N–H and O–H groups in total. The van der Waals surface area contributed by atoms with E-state index in [1.54, 1.807) is 62.4 Å². The van der Waals surface area contributed by atoms with Gasteiger partial charge in [-0.2, -0.15) is 0 Å². The maximum atomic E-state index is 12.6. The second-order valence-corrected chi connectivity index (χ2v) is 7.23. The average Bonchev–Trinajstić information content (AvgIpc) is 2.80. The normalized spacial score (nSPS) is 12.2. The van der Waals surface area contributed by atoms with Crippen molar-refractivity contribution < 1.29 is 29.0 Å². The molecule has 0 bridgehead atoms. The molecule has 0 aliphatic heterocycles. The molecule has 3 rings (SSSR count). The van der Waals surface area contributed by atoms with Gasteiger partial charge in [0, 0.05) is 11.4 Å². The van der Waals surface area contributed by atoms with E-state index in [4.69, 9.17) is 9.47 Å². The number of carbonyl (C=O) groups excluding carboxylic acids is 2. The number of amides is 2. The number of anilines is 2. The van der Waals surface area contributed by atoms with Gasteiger partial charge in [-0.1, -0.05) is 36.4 Å². The summed E-state index contributed by atoms with van der Waals surface area (Å²) in [7, 11) is 0. The van der Waals surface area contributed by atoms with Crippen molar-refractivity contribution in [1.82, 2.24) is 0 Å². The molecule has 0 unspecified atom stereocenters. The van der Waals surface area contributed by atoms with Crippen LogP contribution in [0.1, 0.15) is 24.2 Å². The van der Waals surface area contributed by atoms with Gasteiger partial charge in [0.1, 0.15) is 11.5 Å². The van der Waals surface area contributed by atoms with E-state index in [1.165, 1.54) is 18.2 Å². The smallest absolute Gasteiger partial charge is 0.335 e. The van der Waals surface area contributed by atoms with Crippen LogP contribution >= 0.6 is 0 Å². The van der Waals surface area contributed by atoms with E-state index in [-0.39, 0.29) is 16.9 Å². The van der Waals surface area contributed by atoms with Crippen molar-refractivity contribution in [2.75, 3.05) is 10.6 Å². The first-order valence-electron chi connectivity index (χ1n) is 10.3. The van der Waals surface area contributed by atoms with Gasteiger partial charge in [0.25, 0.3) is 11.8 Å². The van der Waals surface area contributed by atoms with E-state index < -0.39 is 30.0 Å². The molecule has 2 atom stereocenters. The second-order valence-electron chi connectivity index (χ2n) is 7.23. The molecule has 8 heteroatoms. The van der Waals surface area contributed by atoms with Crippen LogP contribution in [0.4, 0.5) is 11.4 Å². The Labute approximate surface area is 191 Å². The molecule has 0 spiro atoms. The van der Waals surface area contributed by atoms with E-state index in [0.29, 0.717) is 11.5 Å². The highest BCUT2D eigenvalue weighted by atomic mass is 16.5. The number of rotatable bonds is 9. The van der Waals surface area contributed by atoms with Crippen molar-refractivity contribution in [3.05, 3.63) is 84.4 Å². The highest BCUT2D eigenvalue weighted by Gasteiger charge is 2.19. The molecule has 170 valence electrons. The number of para-hydroxylation sites is 2. The summed E-state index contributed by atoms with van der Waals surface area (Å²) in [6.45, 7) is 3.16. The average molecular weight is 448 g/mol. The Kier molecular flexibility index (Phi) is 7.64. The molecule has 0 heterocycles. The third-order valence-corrected chi connectivity index (χ3v) is 4.57. The summed E-state index contributed by atoms with van der Waals surface area (Å²) in [5.41, 5.74) is 0.307. The lowest BCUT2D eigenvalue weighted by Crippen LogP contribution is -2.31. The van der Waals surface area contributed by atoms with Gasteiger partial charge in [-0.05, 0) is 56.3 Å². The van der Waals surface area contributed by atoms with E-state index in [2.05, 4.69) is 10.6 Å². The number of hydrogen-bond acceptors (Lipinski definition) is 5. The summed E-state index contributed by atoms with van der Waals surface area (Å²) in [6, 6.07) is 21.8. The van der Waals surface area contributed by atoms with Gasteiger partial charge in [-0.15, -0.1) is 0 Å². The number of aromatic carboxylic acids is 1. The van der Waals surface area contributed by atoms with Crippen LogP contribution in [-0.4, -0.2) is 35.1 Å². The first kappa shape index (κ1) is 23.3. The lowest BCUT2D eigenvalue weighted by atomic mass is 10.1. The third kappa shape index (κ3) is 6.83. The number of benzene rings is 3. The third-order valence-electron chi connectivity index (χ3n) is 4.57. The number of hydrogen-bond donors (Lipinski definition) is 3. The van der Waals surface area contributed by atoms with Gasteiger partial charge in [-0.25, -0.2) is 4.79 Å². The largest absolute Gasteiger partial charge is 0.481 e. The summed E-state index contributed by atoms with van der Waals surface area (Å²) in [5, 5.41) is 14.7. The van der Waals surface area contributed by atoms with Crippen LogP contribution in [0.5, 0.6) is 11.5 Å². The van der Waals surface area contributed by atoms with Crippen LogP contribution in [0.25, 0.3) is 0 Å². The Bertz CT molecular complexity index is 1040. The maximum absolute atomic E-state index is 12.6. The van der Waals surface area contributed by atoms with Crippen LogP contribution in [0, 0.1) is 0 Å². The van der Waals surface area contributed by atoms with Crippen molar-refractivity contribution in [3.8, 4) is 11.5 Å². The number of nitrogens with one attached hydrogen (secondary N) is 2. The molecule has 8 nitrogen and oxygen atoms in total. The molecule has 3 aromatic rings. The summed E-state index contributed by atoms with van der Waals surface area (Å²) in [6.07, 6.45) is -1.67. The monoisotopic (exact) mass is 448 g/mol. The second kappa shape index (κ2) is 10.8. The Hall–Kier alpha value is -4.33. The molecule has 33 heavy (non-hydrogen) atoms. The predicted molar refractivity (Wildman–Crippen MR) is 124 cm³/mol. The SMILES string of the molecule is C[C@@H](Oc1ccccc1)C(=O)Nc1cc(NC(=O)[C@@H](C)Oc2ccccc2)cc(C(=O)O)c1. The van der Waals surface area contributed by atoms with Gasteiger partial charge >= 0.3 is 5.97 Å². The van der Waals surface area contributed by atoms with Crippen LogP contribution in [-0.2, 0) is 9.59 Å². The number of carboxylic acids is 1. The highest BCUT2D eigenvalue weighted by Crippen LogP contribution is 2.21. The Morgan fingerprint density at radius 3 is 1.45 bits per heavy atom. The zero-order valence-corrected chi connectivity index (χ0v) is 18.1. The van der Waals surface area contributed by atoms with Crippen molar-refractivity contribution in [1.29, 1.82) is 0 Å². The summed E-state index contributed by atoms with van der Waals surface area (Å²) < 4.78 is 11.2. The first-order valence-corrected chi connectivity index (χ1v) is 10.3. The van der Waals surface area contributed by atoms with Gasteiger partial charge in [0.05, 0.1) is 5.56 Å². The molecule has 3 aromatic carbocycles. The highest BCUT2D eigenvalue weighted by molar-refractivity contribution is 6.00. The zero-order chi connectivity index (χ0) is 23.8. The molecule has 0 aromatic heterocycles. The minimum atomic E-state index is -1.20. The molecule has 0 saturated heterocycles. The Morgan fingerprint density at radius 1 is 0.697 bits per heavy atom. The molecule has 0 saturated carbocycles. The lowest BCUT2D eigenvalue weighted by molar-refractivity contribution is -0.122. The molecule has 2 amide bonds. The molecule has 0 radical (unpaired) electrons. The van der Waals surface area contributed by atoms with Crippen LogP contribution in [0.2, 0.25) is 0 Å². The fourth-order valence-corrected chi connectivity index (χ4v) is 2.90. The zero-order valence-electron chi connectivity index (χ0n) is 18.1. The predicted octanol–water partition coefficient (Wildman–Crippen LogP) is 4.20. The van der Waals surface area contributed by atoms with Crippen LogP contribution in [0.3, 0.4) is 0 Å². The minimum absolute atomic E-state index is 0.101. The van der Waals surface area contributed by atoms with E-state index in [1.807, 2.05) is 12.1 Å². The Balaban J connectivity index is 1.70. The standard InChI is InChI=1S/C25H24N2O6/c1-16(32-21-9-5-3-6-10-21)23(28)26-19-13-18(25(30)31)14-20(15-19)27-24(29)17(2)33-22-11-7-4-8-12-22/h3-17H,1-2H3,(H,26,28)(H,27,29)(H,30,31)/t16-,17-/m1/s1. The number of ether oxygens (including phenoxy) is 2. The summed E-state index contributed by atoms with van der Waals surface area (Å²) >= 11 is 0.